The van der Waals surface area contributed by atoms with E-state index in [-0.39, 0.29) is 11.7 Å². The van der Waals surface area contributed by atoms with E-state index in [0.29, 0.717) is 24.5 Å². The first-order valence-corrected chi connectivity index (χ1v) is 8.25. The van der Waals surface area contributed by atoms with Crippen molar-refractivity contribution in [1.82, 2.24) is 14.5 Å². The SMILES string of the molecule is Cn1ccnc(NC[C@@H]2CN(Cc3ccccc3C#N)CCO2)c1=O. The number of ether oxygens (including phenoxy) is 1. The van der Waals surface area contributed by atoms with Crippen molar-refractivity contribution in [2.45, 2.75) is 12.6 Å². The third-order valence-corrected chi connectivity index (χ3v) is 4.27. The van der Waals surface area contributed by atoms with Crippen LogP contribution in [0.1, 0.15) is 11.1 Å². The van der Waals surface area contributed by atoms with E-state index in [2.05, 4.69) is 21.3 Å². The molecule has 1 fully saturated rings. The molecule has 2 heterocycles. The number of nitrogens with one attached hydrogen (secondary N) is 1. The topological polar surface area (TPSA) is 83.2 Å². The zero-order valence-electron chi connectivity index (χ0n) is 14.2. The largest absolute Gasteiger partial charge is 0.374 e. The van der Waals surface area contributed by atoms with E-state index in [0.717, 1.165) is 25.2 Å². The first kappa shape index (κ1) is 17.1. The molecule has 0 spiro atoms. The van der Waals surface area contributed by atoms with E-state index in [1.807, 2.05) is 24.3 Å². The van der Waals surface area contributed by atoms with Crippen molar-refractivity contribution in [1.29, 1.82) is 5.26 Å². The van der Waals surface area contributed by atoms with Gasteiger partial charge in [0.2, 0.25) is 0 Å². The predicted octanol–water partition coefficient (Wildman–Crippen LogP) is 0.965. The number of aromatic nitrogens is 2. The van der Waals surface area contributed by atoms with Crippen molar-refractivity contribution < 1.29 is 4.74 Å². The van der Waals surface area contributed by atoms with Gasteiger partial charge in [0, 0.05) is 45.6 Å². The number of anilines is 1. The van der Waals surface area contributed by atoms with Gasteiger partial charge in [-0.15, -0.1) is 0 Å². The molecular formula is C18H21N5O2. The number of hydrogen-bond acceptors (Lipinski definition) is 6. The minimum atomic E-state index is -0.155. The molecule has 0 saturated carbocycles. The van der Waals surface area contributed by atoms with Crippen LogP contribution in [0.5, 0.6) is 0 Å². The Balaban J connectivity index is 1.59. The van der Waals surface area contributed by atoms with Crippen molar-refractivity contribution in [3.8, 4) is 6.07 Å². The maximum absolute atomic E-state index is 12.0. The van der Waals surface area contributed by atoms with Crippen LogP contribution in [0.4, 0.5) is 5.82 Å². The van der Waals surface area contributed by atoms with Crippen LogP contribution in [0.15, 0.2) is 41.5 Å². The van der Waals surface area contributed by atoms with Crippen molar-refractivity contribution in [2.75, 3.05) is 31.6 Å². The molecule has 1 aromatic carbocycles. The lowest BCUT2D eigenvalue weighted by atomic mass is 10.1. The Hall–Kier alpha value is -2.69. The summed E-state index contributed by atoms with van der Waals surface area (Å²) in [5.41, 5.74) is 1.58. The lowest BCUT2D eigenvalue weighted by Crippen LogP contribution is -2.45. The van der Waals surface area contributed by atoms with Crippen molar-refractivity contribution in [2.24, 2.45) is 7.05 Å². The molecule has 0 aliphatic carbocycles. The number of rotatable bonds is 5. The molecule has 0 bridgehead atoms. The summed E-state index contributed by atoms with van der Waals surface area (Å²) in [6.07, 6.45) is 3.19. The number of nitriles is 1. The van der Waals surface area contributed by atoms with Crippen LogP contribution in [-0.4, -0.2) is 46.8 Å². The summed E-state index contributed by atoms with van der Waals surface area (Å²) in [5.74, 6) is 0.334. The van der Waals surface area contributed by atoms with E-state index in [1.54, 1.807) is 19.4 Å². The molecule has 25 heavy (non-hydrogen) atoms. The van der Waals surface area contributed by atoms with Crippen molar-refractivity contribution in [3.63, 3.8) is 0 Å². The second-order valence-electron chi connectivity index (χ2n) is 6.07. The Morgan fingerprint density at radius 3 is 3.12 bits per heavy atom. The molecule has 1 N–H and O–H groups in total. The van der Waals surface area contributed by atoms with Crippen LogP contribution >= 0.6 is 0 Å². The highest BCUT2D eigenvalue weighted by atomic mass is 16.5. The summed E-state index contributed by atoms with van der Waals surface area (Å²) in [6, 6.07) is 9.89. The van der Waals surface area contributed by atoms with Gasteiger partial charge in [-0.2, -0.15) is 5.26 Å². The summed E-state index contributed by atoms with van der Waals surface area (Å²) >= 11 is 0. The number of benzene rings is 1. The fourth-order valence-electron chi connectivity index (χ4n) is 2.89. The van der Waals surface area contributed by atoms with E-state index >= 15 is 0 Å². The second-order valence-corrected chi connectivity index (χ2v) is 6.07. The zero-order chi connectivity index (χ0) is 17.6. The number of morpholine rings is 1. The Bertz CT molecular complexity index is 827. The van der Waals surface area contributed by atoms with E-state index in [9.17, 15) is 10.1 Å². The minimum Gasteiger partial charge on any atom is -0.374 e. The predicted molar refractivity (Wildman–Crippen MR) is 94.1 cm³/mol. The van der Waals surface area contributed by atoms with Gasteiger partial charge in [-0.05, 0) is 11.6 Å². The van der Waals surface area contributed by atoms with Crippen molar-refractivity contribution in [3.05, 3.63) is 58.1 Å². The van der Waals surface area contributed by atoms with Gasteiger partial charge in [0.05, 0.1) is 24.3 Å². The fraction of sp³-hybridized carbons (Fsp3) is 0.389. The fourth-order valence-corrected chi connectivity index (χ4v) is 2.89. The molecule has 0 unspecified atom stereocenters. The van der Waals surface area contributed by atoms with Gasteiger partial charge in [0.1, 0.15) is 0 Å². The van der Waals surface area contributed by atoms with Crippen LogP contribution in [0, 0.1) is 11.3 Å². The Morgan fingerprint density at radius 1 is 1.44 bits per heavy atom. The van der Waals surface area contributed by atoms with Crippen molar-refractivity contribution >= 4 is 5.82 Å². The molecule has 1 aliphatic heterocycles. The van der Waals surface area contributed by atoms with Gasteiger partial charge in [-0.1, -0.05) is 18.2 Å². The molecule has 7 nitrogen and oxygen atoms in total. The molecular weight excluding hydrogens is 318 g/mol. The Kier molecular flexibility index (Phi) is 5.43. The van der Waals surface area contributed by atoms with Crippen LogP contribution in [-0.2, 0) is 18.3 Å². The third-order valence-electron chi connectivity index (χ3n) is 4.27. The summed E-state index contributed by atoms with van der Waals surface area (Å²) in [5, 5.41) is 12.3. The van der Waals surface area contributed by atoms with Crippen LogP contribution in [0.25, 0.3) is 0 Å². The van der Waals surface area contributed by atoms with Gasteiger partial charge in [0.15, 0.2) is 5.82 Å². The summed E-state index contributed by atoms with van der Waals surface area (Å²) in [7, 11) is 1.70. The number of aryl methyl sites for hydroxylation is 1. The highest BCUT2D eigenvalue weighted by Gasteiger charge is 2.21. The van der Waals surface area contributed by atoms with Crippen LogP contribution in [0.2, 0.25) is 0 Å². The average molecular weight is 339 g/mol. The highest BCUT2D eigenvalue weighted by Crippen LogP contribution is 2.14. The van der Waals surface area contributed by atoms with E-state index in [1.165, 1.54) is 4.57 Å². The summed E-state index contributed by atoms with van der Waals surface area (Å²) in [6.45, 7) is 3.42. The van der Waals surface area contributed by atoms with Gasteiger partial charge in [-0.25, -0.2) is 4.98 Å². The minimum absolute atomic E-state index is 0.0327. The molecule has 1 aromatic heterocycles. The molecule has 7 heteroatoms. The molecule has 1 aliphatic rings. The monoisotopic (exact) mass is 339 g/mol. The second kappa shape index (κ2) is 7.92. The van der Waals surface area contributed by atoms with Gasteiger partial charge >= 0.3 is 0 Å². The normalized spacial score (nSPS) is 17.8. The molecule has 1 atom stereocenters. The number of hydrogen-bond donors (Lipinski definition) is 1. The molecule has 2 aromatic rings. The first-order valence-electron chi connectivity index (χ1n) is 8.25. The quantitative estimate of drug-likeness (QED) is 0.874. The standard InChI is InChI=1S/C18H21N5O2/c1-22-7-6-20-17(18(22)24)21-11-16-13-23(8-9-25-16)12-15-5-3-2-4-14(15)10-19/h2-7,16H,8-9,11-13H2,1H3,(H,20,21)/t16-/m1/s1. The smallest absolute Gasteiger partial charge is 0.293 e. The third kappa shape index (κ3) is 4.24. The molecule has 130 valence electrons. The lowest BCUT2D eigenvalue weighted by Gasteiger charge is -2.33. The summed E-state index contributed by atoms with van der Waals surface area (Å²) < 4.78 is 7.28. The van der Waals surface area contributed by atoms with E-state index < -0.39 is 0 Å². The summed E-state index contributed by atoms with van der Waals surface area (Å²) in [4.78, 5) is 18.3. The van der Waals surface area contributed by atoms with Gasteiger partial charge < -0.3 is 14.6 Å². The first-order chi connectivity index (χ1) is 12.2. The maximum Gasteiger partial charge on any atom is 0.293 e. The molecule has 0 amide bonds. The Morgan fingerprint density at radius 2 is 2.28 bits per heavy atom. The van der Waals surface area contributed by atoms with Gasteiger partial charge in [0.25, 0.3) is 5.56 Å². The molecule has 0 radical (unpaired) electrons. The lowest BCUT2D eigenvalue weighted by molar-refractivity contribution is -0.0241. The van der Waals surface area contributed by atoms with Gasteiger partial charge in [-0.3, -0.25) is 9.69 Å². The molecule has 1 saturated heterocycles. The maximum atomic E-state index is 12.0. The highest BCUT2D eigenvalue weighted by molar-refractivity contribution is 5.37. The van der Waals surface area contributed by atoms with Crippen LogP contribution in [0.3, 0.4) is 0 Å². The average Bonchev–Trinajstić information content (AvgIpc) is 2.64. The molecule has 3 rings (SSSR count). The van der Waals surface area contributed by atoms with Crippen LogP contribution < -0.4 is 10.9 Å². The van der Waals surface area contributed by atoms with E-state index in [4.69, 9.17) is 4.74 Å². The number of nitrogens with zero attached hydrogens (tertiary/aromatic N) is 4. The Labute approximate surface area is 146 Å². The zero-order valence-corrected chi connectivity index (χ0v) is 14.2.